The molecule has 5 nitrogen and oxygen atoms in total. The molecule has 0 spiro atoms. The third-order valence-electron chi connectivity index (χ3n) is 4.76. The van der Waals surface area contributed by atoms with Crippen LogP contribution in [0, 0.1) is 11.3 Å². The lowest BCUT2D eigenvalue weighted by Crippen LogP contribution is -2.09. The molecule has 32 heavy (non-hydrogen) atoms. The third-order valence-corrected chi connectivity index (χ3v) is 5.02. The van der Waals surface area contributed by atoms with Crippen LogP contribution in [0.3, 0.4) is 0 Å². The first-order chi connectivity index (χ1) is 15.5. The number of hydrogen-bond donors (Lipinski definition) is 0. The molecule has 0 saturated heterocycles. The van der Waals surface area contributed by atoms with E-state index >= 15 is 0 Å². The van der Waals surface area contributed by atoms with Gasteiger partial charge in [-0.2, -0.15) is 5.26 Å². The van der Waals surface area contributed by atoms with Gasteiger partial charge in [0, 0.05) is 11.4 Å². The summed E-state index contributed by atoms with van der Waals surface area (Å²) in [6.07, 6.45) is 2.52. The largest absolute Gasteiger partial charge is 0.493 e. The van der Waals surface area contributed by atoms with Crippen LogP contribution in [0.25, 0.3) is 11.6 Å². The molecule has 0 aliphatic carbocycles. The number of methoxy groups -OCH3 is 2. The molecule has 0 aliphatic rings. The maximum absolute atomic E-state index is 12.2. The molecule has 0 bridgehead atoms. The molecule has 0 heterocycles. The quantitative estimate of drug-likeness (QED) is 0.184. The van der Waals surface area contributed by atoms with Crippen LogP contribution >= 0.6 is 11.6 Å². The molecule has 162 valence electrons. The van der Waals surface area contributed by atoms with Crippen molar-refractivity contribution in [3.05, 3.63) is 88.4 Å². The van der Waals surface area contributed by atoms with Crippen molar-refractivity contribution in [2.24, 2.45) is 0 Å². The predicted octanol–water partition coefficient (Wildman–Crippen LogP) is 5.96. The van der Waals surface area contributed by atoms with Crippen molar-refractivity contribution in [1.29, 1.82) is 5.26 Å². The van der Waals surface area contributed by atoms with Gasteiger partial charge in [-0.1, -0.05) is 41.9 Å². The van der Waals surface area contributed by atoms with Crippen LogP contribution in [0.15, 0.2) is 66.7 Å². The molecule has 3 aromatic carbocycles. The molecule has 0 N–H and O–H groups in total. The van der Waals surface area contributed by atoms with Gasteiger partial charge in [0.1, 0.15) is 5.75 Å². The highest BCUT2D eigenvalue weighted by molar-refractivity contribution is 6.30. The Hall–Kier alpha value is -3.75. The number of hydrogen-bond acceptors (Lipinski definition) is 5. The average Bonchev–Trinajstić information content (AvgIpc) is 2.82. The molecular formula is C26H22ClNO4. The van der Waals surface area contributed by atoms with Crippen molar-refractivity contribution in [1.82, 2.24) is 0 Å². The Kier molecular flexibility index (Phi) is 7.91. The fourth-order valence-electron chi connectivity index (χ4n) is 3.07. The molecule has 3 rings (SSSR count). The number of rotatable bonds is 8. The Labute approximate surface area is 192 Å². The number of esters is 1. The summed E-state index contributed by atoms with van der Waals surface area (Å²) in [7, 11) is 3.15. The lowest BCUT2D eigenvalue weighted by molar-refractivity contribution is -0.134. The zero-order valence-corrected chi connectivity index (χ0v) is 18.6. The topological polar surface area (TPSA) is 68.5 Å². The number of carbonyl (C=O) groups excluding carboxylic acids is 1. The van der Waals surface area contributed by atoms with Crippen LogP contribution in [-0.2, 0) is 11.2 Å². The lowest BCUT2D eigenvalue weighted by Gasteiger charge is -2.09. The number of allylic oxidation sites excluding steroid dienone is 1. The molecule has 0 saturated carbocycles. The van der Waals surface area contributed by atoms with Gasteiger partial charge in [0.25, 0.3) is 0 Å². The van der Waals surface area contributed by atoms with E-state index in [2.05, 4.69) is 6.07 Å². The van der Waals surface area contributed by atoms with Crippen molar-refractivity contribution in [3.8, 4) is 23.3 Å². The Morgan fingerprint density at radius 2 is 1.66 bits per heavy atom. The highest BCUT2D eigenvalue weighted by atomic mass is 35.5. The van der Waals surface area contributed by atoms with Crippen molar-refractivity contribution < 1.29 is 19.0 Å². The smallest absolute Gasteiger partial charge is 0.311 e. The van der Waals surface area contributed by atoms with Gasteiger partial charge in [0.05, 0.1) is 25.9 Å². The molecule has 0 aromatic heterocycles. The van der Waals surface area contributed by atoms with Crippen molar-refractivity contribution in [2.45, 2.75) is 12.8 Å². The Morgan fingerprint density at radius 3 is 2.28 bits per heavy atom. The summed E-state index contributed by atoms with van der Waals surface area (Å²) in [6, 6.07) is 21.8. The predicted molar refractivity (Wildman–Crippen MR) is 125 cm³/mol. The standard InChI is InChI=1S/C26H22ClNO4/c1-30-24-13-5-19(16-25(24)31-2)6-14-26(29)32-23-11-3-18(4-12-23)15-21(17-28)20-7-9-22(27)10-8-20/h3-5,7-13,15-16H,6,14H2,1-2H3/b21-15-. The van der Waals surface area contributed by atoms with E-state index in [-0.39, 0.29) is 12.4 Å². The number of benzene rings is 3. The maximum Gasteiger partial charge on any atom is 0.311 e. The summed E-state index contributed by atoms with van der Waals surface area (Å²) >= 11 is 5.91. The van der Waals surface area contributed by atoms with Gasteiger partial charge in [0.2, 0.25) is 0 Å². The van der Waals surface area contributed by atoms with Gasteiger partial charge in [-0.25, -0.2) is 0 Å². The summed E-state index contributed by atoms with van der Waals surface area (Å²) in [5.74, 6) is 1.38. The summed E-state index contributed by atoms with van der Waals surface area (Å²) in [6.45, 7) is 0. The second-order valence-corrected chi connectivity index (χ2v) is 7.35. The average molecular weight is 448 g/mol. The van der Waals surface area contributed by atoms with Crippen molar-refractivity contribution >= 4 is 29.2 Å². The molecule has 6 heteroatoms. The van der Waals surface area contributed by atoms with Gasteiger partial charge >= 0.3 is 5.97 Å². The molecule has 0 amide bonds. The second kappa shape index (κ2) is 11.0. The SMILES string of the molecule is COc1ccc(CCC(=O)Oc2ccc(/C=C(/C#N)c3ccc(Cl)cc3)cc2)cc1OC. The summed E-state index contributed by atoms with van der Waals surface area (Å²) < 4.78 is 15.9. The monoisotopic (exact) mass is 447 g/mol. The minimum absolute atomic E-state index is 0.228. The number of ether oxygens (including phenoxy) is 3. The Balaban J connectivity index is 1.60. The highest BCUT2D eigenvalue weighted by Gasteiger charge is 2.09. The normalized spacial score (nSPS) is 10.9. The number of aryl methyl sites for hydroxylation is 1. The van der Waals surface area contributed by atoms with E-state index in [1.54, 1.807) is 68.8 Å². The minimum Gasteiger partial charge on any atom is -0.493 e. The van der Waals surface area contributed by atoms with Crippen LogP contribution < -0.4 is 14.2 Å². The number of halogens is 1. The van der Waals surface area contributed by atoms with E-state index in [4.69, 9.17) is 25.8 Å². The van der Waals surface area contributed by atoms with E-state index < -0.39 is 0 Å². The first kappa shape index (κ1) is 22.9. The van der Waals surface area contributed by atoms with E-state index in [9.17, 15) is 10.1 Å². The summed E-state index contributed by atoms with van der Waals surface area (Å²) in [4.78, 5) is 12.2. The molecule has 0 unspecified atom stereocenters. The van der Waals surface area contributed by atoms with Crippen LogP contribution in [0.1, 0.15) is 23.1 Å². The van der Waals surface area contributed by atoms with E-state index in [0.29, 0.717) is 34.3 Å². The van der Waals surface area contributed by atoms with Gasteiger partial charge in [-0.05, 0) is 65.6 Å². The lowest BCUT2D eigenvalue weighted by atomic mass is 10.0. The first-order valence-corrected chi connectivity index (χ1v) is 10.3. The van der Waals surface area contributed by atoms with Crippen molar-refractivity contribution in [2.75, 3.05) is 14.2 Å². The maximum atomic E-state index is 12.2. The van der Waals surface area contributed by atoms with Gasteiger partial charge in [-0.15, -0.1) is 0 Å². The van der Waals surface area contributed by atoms with Crippen LogP contribution in [0.2, 0.25) is 5.02 Å². The van der Waals surface area contributed by atoms with E-state index in [0.717, 1.165) is 16.7 Å². The third kappa shape index (κ3) is 6.13. The minimum atomic E-state index is -0.332. The highest BCUT2D eigenvalue weighted by Crippen LogP contribution is 2.28. The molecule has 0 radical (unpaired) electrons. The van der Waals surface area contributed by atoms with Crippen LogP contribution in [-0.4, -0.2) is 20.2 Å². The van der Waals surface area contributed by atoms with E-state index in [1.165, 1.54) is 0 Å². The van der Waals surface area contributed by atoms with Gasteiger partial charge in [-0.3, -0.25) is 4.79 Å². The van der Waals surface area contributed by atoms with Crippen LogP contribution in [0.5, 0.6) is 17.2 Å². The van der Waals surface area contributed by atoms with Gasteiger partial charge in [0.15, 0.2) is 11.5 Å². The fraction of sp³-hybridized carbons (Fsp3) is 0.154. The molecule has 0 aliphatic heterocycles. The second-order valence-electron chi connectivity index (χ2n) is 6.91. The first-order valence-electron chi connectivity index (χ1n) is 9.91. The zero-order valence-electron chi connectivity index (χ0n) is 17.8. The molecule has 0 atom stereocenters. The molecular weight excluding hydrogens is 426 g/mol. The van der Waals surface area contributed by atoms with E-state index in [1.807, 2.05) is 18.2 Å². The molecule has 0 fully saturated rings. The van der Waals surface area contributed by atoms with Crippen LogP contribution in [0.4, 0.5) is 0 Å². The van der Waals surface area contributed by atoms with Crippen molar-refractivity contribution in [3.63, 3.8) is 0 Å². The summed E-state index contributed by atoms with van der Waals surface area (Å²) in [5, 5.41) is 10.1. The zero-order chi connectivity index (χ0) is 22.9. The number of nitrogens with zero attached hydrogens (tertiary/aromatic N) is 1. The Bertz CT molecular complexity index is 1150. The Morgan fingerprint density at radius 1 is 0.969 bits per heavy atom. The summed E-state index contributed by atoms with van der Waals surface area (Å²) in [5.41, 5.74) is 3.07. The molecule has 3 aromatic rings. The van der Waals surface area contributed by atoms with Gasteiger partial charge < -0.3 is 14.2 Å². The fourth-order valence-corrected chi connectivity index (χ4v) is 3.20. The number of nitriles is 1. The number of carbonyl (C=O) groups is 1.